The van der Waals surface area contributed by atoms with Crippen LogP contribution in [0.2, 0.25) is 5.02 Å². The van der Waals surface area contributed by atoms with Crippen molar-refractivity contribution in [3.63, 3.8) is 0 Å². The van der Waals surface area contributed by atoms with Gasteiger partial charge in [0.25, 0.3) is 0 Å². The third-order valence-electron chi connectivity index (χ3n) is 5.13. The number of anilines is 1. The number of aromatic nitrogens is 1. The zero-order valence-corrected chi connectivity index (χ0v) is 18.4. The minimum atomic E-state index is -1.09. The fraction of sp³-hybridized carbons (Fsp3) is 0.174. The number of halogens is 1. The Balaban J connectivity index is 1.77. The molecule has 3 aromatic rings. The highest BCUT2D eigenvalue weighted by Gasteiger charge is 2.14. The van der Waals surface area contributed by atoms with Crippen molar-refractivity contribution in [3.8, 4) is 5.69 Å². The molecule has 0 aliphatic rings. The Bertz CT molecular complexity index is 1200. The molecule has 7 nitrogen and oxygen atoms in total. The number of hydrogen-bond donors (Lipinski definition) is 3. The number of carboxylic acid groups (broad SMARTS) is 1. The molecule has 8 heteroatoms. The number of amides is 2. The average molecular weight is 439 g/mol. The van der Waals surface area contributed by atoms with Gasteiger partial charge in [0.2, 0.25) is 0 Å². The van der Waals surface area contributed by atoms with E-state index in [9.17, 15) is 14.7 Å². The Labute approximate surface area is 185 Å². The quantitative estimate of drug-likeness (QED) is 0.376. The lowest BCUT2D eigenvalue weighted by molar-refractivity contribution is 0.0697. The molecule has 31 heavy (non-hydrogen) atoms. The summed E-state index contributed by atoms with van der Waals surface area (Å²) in [6.45, 7) is 7.71. The van der Waals surface area contributed by atoms with Crippen LogP contribution in [0.4, 0.5) is 10.5 Å². The molecule has 0 bridgehead atoms. The molecule has 3 rings (SSSR count). The topological polar surface area (TPSA) is 95.7 Å². The van der Waals surface area contributed by atoms with Gasteiger partial charge in [-0.15, -0.1) is 0 Å². The molecule has 0 aliphatic carbocycles. The average Bonchev–Trinajstić information content (AvgIpc) is 2.99. The van der Waals surface area contributed by atoms with E-state index in [0.717, 1.165) is 33.8 Å². The zero-order chi connectivity index (χ0) is 22.7. The molecule has 0 saturated heterocycles. The van der Waals surface area contributed by atoms with Crippen molar-refractivity contribution in [3.05, 3.63) is 81.1 Å². The first-order valence-electron chi connectivity index (χ1n) is 9.57. The molecule has 2 amide bonds. The van der Waals surface area contributed by atoms with Crippen LogP contribution < -0.4 is 10.7 Å². The predicted molar refractivity (Wildman–Crippen MR) is 123 cm³/mol. The Morgan fingerprint density at radius 2 is 1.84 bits per heavy atom. The SMILES string of the molecule is Cc1cccc(NC(=O)N/N=C/c2cc(C)n(-c3ccc(Cl)c(C(=O)O)c3)c2C)c1C. The van der Waals surface area contributed by atoms with Crippen LogP contribution in [0.1, 0.15) is 38.4 Å². The van der Waals surface area contributed by atoms with Crippen LogP contribution in [-0.4, -0.2) is 27.9 Å². The van der Waals surface area contributed by atoms with Gasteiger partial charge in [-0.1, -0.05) is 23.7 Å². The number of hydrogen-bond acceptors (Lipinski definition) is 3. The van der Waals surface area contributed by atoms with E-state index in [0.29, 0.717) is 5.69 Å². The maximum Gasteiger partial charge on any atom is 0.339 e. The van der Waals surface area contributed by atoms with Gasteiger partial charge in [0.1, 0.15) is 0 Å². The number of aromatic carboxylic acids is 1. The number of carbonyl (C=O) groups is 2. The standard InChI is InChI=1S/C23H23ClN4O3/c1-13-6-5-7-21(15(13)3)26-23(31)27-25-12-17-10-14(2)28(16(17)4)18-8-9-20(24)19(11-18)22(29)30/h5-12H,1-4H3,(H,29,30)(H2,26,27,31)/b25-12+. The summed E-state index contributed by atoms with van der Waals surface area (Å²) in [5, 5.41) is 16.3. The van der Waals surface area contributed by atoms with E-state index in [4.69, 9.17) is 11.6 Å². The molecule has 0 atom stereocenters. The summed E-state index contributed by atoms with van der Waals surface area (Å²) >= 11 is 5.98. The van der Waals surface area contributed by atoms with Crippen LogP contribution in [0.15, 0.2) is 47.6 Å². The second kappa shape index (κ2) is 9.06. The van der Waals surface area contributed by atoms with Crippen molar-refractivity contribution in [2.45, 2.75) is 27.7 Å². The molecule has 0 fully saturated rings. The maximum absolute atomic E-state index is 12.2. The number of carbonyl (C=O) groups excluding carboxylic acids is 1. The first kappa shape index (κ1) is 22.1. The molecule has 0 unspecified atom stereocenters. The highest BCUT2D eigenvalue weighted by Crippen LogP contribution is 2.24. The Morgan fingerprint density at radius 3 is 2.55 bits per heavy atom. The van der Waals surface area contributed by atoms with Crippen molar-refractivity contribution in [1.82, 2.24) is 9.99 Å². The van der Waals surface area contributed by atoms with E-state index in [2.05, 4.69) is 15.8 Å². The summed E-state index contributed by atoms with van der Waals surface area (Å²) in [5.41, 5.74) is 8.50. The van der Waals surface area contributed by atoms with Gasteiger partial charge in [-0.25, -0.2) is 15.0 Å². The van der Waals surface area contributed by atoms with E-state index < -0.39 is 12.0 Å². The van der Waals surface area contributed by atoms with Crippen LogP contribution in [-0.2, 0) is 0 Å². The minimum Gasteiger partial charge on any atom is -0.478 e. The minimum absolute atomic E-state index is 0.0339. The van der Waals surface area contributed by atoms with E-state index in [-0.39, 0.29) is 10.6 Å². The number of carboxylic acids is 1. The second-order valence-corrected chi connectivity index (χ2v) is 7.61. The summed E-state index contributed by atoms with van der Waals surface area (Å²) in [7, 11) is 0. The summed E-state index contributed by atoms with van der Waals surface area (Å²) in [6.07, 6.45) is 1.55. The molecule has 160 valence electrons. The lowest BCUT2D eigenvalue weighted by Crippen LogP contribution is -2.24. The summed E-state index contributed by atoms with van der Waals surface area (Å²) < 4.78 is 1.90. The van der Waals surface area contributed by atoms with E-state index in [1.807, 2.05) is 56.5 Å². The first-order valence-corrected chi connectivity index (χ1v) is 9.95. The number of rotatable bonds is 5. The molecule has 2 aromatic carbocycles. The third-order valence-corrected chi connectivity index (χ3v) is 5.46. The van der Waals surface area contributed by atoms with Gasteiger partial charge in [0, 0.05) is 28.3 Å². The Kier molecular flexibility index (Phi) is 6.46. The van der Waals surface area contributed by atoms with Crippen molar-refractivity contribution in [2.75, 3.05) is 5.32 Å². The van der Waals surface area contributed by atoms with Gasteiger partial charge in [0.05, 0.1) is 16.8 Å². The molecule has 1 heterocycles. The second-order valence-electron chi connectivity index (χ2n) is 7.20. The molecule has 0 spiro atoms. The van der Waals surface area contributed by atoms with Crippen molar-refractivity contribution in [1.29, 1.82) is 0 Å². The van der Waals surface area contributed by atoms with E-state index >= 15 is 0 Å². The van der Waals surface area contributed by atoms with Gasteiger partial charge in [0.15, 0.2) is 0 Å². The molecule has 1 aromatic heterocycles. The molecular formula is C23H23ClN4O3. The van der Waals surface area contributed by atoms with Crippen LogP contribution in [0.25, 0.3) is 5.69 Å². The largest absolute Gasteiger partial charge is 0.478 e. The van der Waals surface area contributed by atoms with Crippen LogP contribution in [0.5, 0.6) is 0 Å². The molecule has 0 saturated carbocycles. The first-order chi connectivity index (χ1) is 14.7. The lowest BCUT2D eigenvalue weighted by atomic mass is 10.1. The Morgan fingerprint density at radius 1 is 1.10 bits per heavy atom. The molecular weight excluding hydrogens is 416 g/mol. The summed E-state index contributed by atoms with van der Waals surface area (Å²) in [6, 6.07) is 12.0. The number of nitrogens with one attached hydrogen (secondary N) is 2. The van der Waals surface area contributed by atoms with Crippen LogP contribution >= 0.6 is 11.6 Å². The third kappa shape index (κ3) is 4.78. The van der Waals surface area contributed by atoms with Crippen LogP contribution in [0, 0.1) is 27.7 Å². The fourth-order valence-electron chi connectivity index (χ4n) is 3.33. The summed E-state index contributed by atoms with van der Waals surface area (Å²) in [4.78, 5) is 23.6. The number of benzene rings is 2. The normalized spacial score (nSPS) is 11.0. The molecule has 0 radical (unpaired) electrons. The van der Waals surface area contributed by atoms with Gasteiger partial charge in [-0.05, 0) is 69.2 Å². The number of aryl methyl sites for hydroxylation is 2. The van der Waals surface area contributed by atoms with Gasteiger partial charge < -0.3 is 15.0 Å². The molecule has 3 N–H and O–H groups in total. The van der Waals surface area contributed by atoms with E-state index in [1.54, 1.807) is 18.3 Å². The number of hydrazone groups is 1. The van der Waals surface area contributed by atoms with Gasteiger partial charge in [-0.3, -0.25) is 0 Å². The number of urea groups is 1. The Hall–Kier alpha value is -3.58. The van der Waals surface area contributed by atoms with Crippen molar-refractivity contribution < 1.29 is 14.7 Å². The lowest BCUT2D eigenvalue weighted by Gasteiger charge is -2.11. The van der Waals surface area contributed by atoms with Crippen molar-refractivity contribution >= 4 is 35.5 Å². The fourth-order valence-corrected chi connectivity index (χ4v) is 3.53. The van der Waals surface area contributed by atoms with E-state index in [1.165, 1.54) is 6.07 Å². The highest BCUT2D eigenvalue weighted by atomic mass is 35.5. The smallest absolute Gasteiger partial charge is 0.339 e. The predicted octanol–water partition coefficient (Wildman–Crippen LogP) is 5.22. The van der Waals surface area contributed by atoms with Gasteiger partial charge >= 0.3 is 12.0 Å². The highest BCUT2D eigenvalue weighted by molar-refractivity contribution is 6.33. The van der Waals surface area contributed by atoms with Crippen LogP contribution in [0.3, 0.4) is 0 Å². The zero-order valence-electron chi connectivity index (χ0n) is 17.7. The summed E-state index contributed by atoms with van der Waals surface area (Å²) in [5.74, 6) is -1.09. The van der Waals surface area contributed by atoms with Crippen molar-refractivity contribution in [2.24, 2.45) is 5.10 Å². The number of nitrogens with zero attached hydrogens (tertiary/aromatic N) is 2. The van der Waals surface area contributed by atoms with Gasteiger partial charge in [-0.2, -0.15) is 5.10 Å². The molecule has 0 aliphatic heterocycles. The monoisotopic (exact) mass is 438 g/mol. The maximum atomic E-state index is 12.2.